The van der Waals surface area contributed by atoms with E-state index in [4.69, 9.17) is 10.5 Å². The third-order valence-electron chi connectivity index (χ3n) is 7.69. The molecule has 0 bridgehead atoms. The number of hydrogen-bond donors (Lipinski definition) is 2. The Kier molecular flexibility index (Phi) is 8.57. The number of benzene rings is 1. The molecule has 1 aromatic carbocycles. The summed E-state index contributed by atoms with van der Waals surface area (Å²) in [7, 11) is -3.00. The molecule has 0 spiro atoms. The quantitative estimate of drug-likeness (QED) is 0.591. The predicted octanol–water partition coefficient (Wildman–Crippen LogP) is 2.93. The van der Waals surface area contributed by atoms with Crippen LogP contribution in [-0.2, 0) is 19.4 Å². The summed E-state index contributed by atoms with van der Waals surface area (Å²) < 4.78 is 29.9. The number of hydrogen-bond acceptors (Lipinski definition) is 7. The fourth-order valence-electron chi connectivity index (χ4n) is 5.77. The first-order valence-corrected chi connectivity index (χ1v) is 15.1. The van der Waals surface area contributed by atoms with Crippen molar-refractivity contribution >= 4 is 33.2 Å². The molecule has 3 aliphatic rings. The van der Waals surface area contributed by atoms with Crippen LogP contribution in [0.2, 0.25) is 0 Å². The molecular weight excluding hydrogens is 480 g/mol. The largest absolute Gasteiger partial charge is 0.446 e. The molecule has 3 N–H and O–H groups in total. The van der Waals surface area contributed by atoms with Crippen LogP contribution in [0.4, 0.5) is 16.2 Å². The molecule has 0 radical (unpaired) electrons. The maximum absolute atomic E-state index is 13.3. The van der Waals surface area contributed by atoms with Gasteiger partial charge in [0, 0.05) is 38.5 Å². The SMILES string of the molecule is CC(=O)N1c2ccc(C(CN)CNC3CCCS(=O)(=O)C3)cc2N(C(=O)OC2CCCCC2)C[C@@H]1C. The maximum atomic E-state index is 13.3. The van der Waals surface area contributed by atoms with Gasteiger partial charge in [0.05, 0.1) is 28.9 Å². The number of sulfone groups is 1. The Balaban J connectivity index is 1.56. The lowest BCUT2D eigenvalue weighted by Gasteiger charge is -2.41. The molecule has 1 aromatic rings. The van der Waals surface area contributed by atoms with Crippen LogP contribution >= 0.6 is 0 Å². The fraction of sp³-hybridized carbons (Fsp3) is 0.692. The Hall–Kier alpha value is -2.17. The highest BCUT2D eigenvalue weighted by Crippen LogP contribution is 2.38. The van der Waals surface area contributed by atoms with E-state index >= 15 is 0 Å². The Morgan fingerprint density at radius 1 is 1.14 bits per heavy atom. The van der Waals surface area contributed by atoms with Crippen LogP contribution in [0.5, 0.6) is 0 Å². The topological polar surface area (TPSA) is 122 Å². The Bertz CT molecular complexity index is 1060. The van der Waals surface area contributed by atoms with E-state index in [0.29, 0.717) is 37.4 Å². The van der Waals surface area contributed by atoms with Gasteiger partial charge >= 0.3 is 6.09 Å². The van der Waals surface area contributed by atoms with Crippen molar-refractivity contribution in [2.75, 3.05) is 40.9 Å². The van der Waals surface area contributed by atoms with E-state index in [1.807, 2.05) is 25.1 Å². The van der Waals surface area contributed by atoms with Crippen LogP contribution < -0.4 is 20.9 Å². The minimum atomic E-state index is -3.00. The van der Waals surface area contributed by atoms with Gasteiger partial charge in [-0.1, -0.05) is 12.5 Å². The van der Waals surface area contributed by atoms with Crippen LogP contribution in [0.3, 0.4) is 0 Å². The molecule has 1 aliphatic carbocycles. The minimum Gasteiger partial charge on any atom is -0.446 e. The second-order valence-corrected chi connectivity index (χ2v) is 12.8. The van der Waals surface area contributed by atoms with Crippen molar-refractivity contribution in [3.8, 4) is 0 Å². The summed E-state index contributed by atoms with van der Waals surface area (Å²) in [6.07, 6.45) is 6.16. The number of carbonyl (C=O) groups is 2. The van der Waals surface area contributed by atoms with Crippen molar-refractivity contribution in [3.05, 3.63) is 23.8 Å². The van der Waals surface area contributed by atoms with Gasteiger partial charge in [0.25, 0.3) is 0 Å². The van der Waals surface area contributed by atoms with Crippen molar-refractivity contribution in [2.24, 2.45) is 5.73 Å². The Morgan fingerprint density at radius 3 is 2.56 bits per heavy atom. The third kappa shape index (κ3) is 6.20. The van der Waals surface area contributed by atoms with Crippen LogP contribution in [0.15, 0.2) is 18.2 Å². The van der Waals surface area contributed by atoms with Gasteiger partial charge in [0.1, 0.15) is 6.10 Å². The zero-order valence-corrected chi connectivity index (χ0v) is 22.3. The smallest absolute Gasteiger partial charge is 0.414 e. The molecule has 4 rings (SSSR count). The average molecular weight is 521 g/mol. The summed E-state index contributed by atoms with van der Waals surface area (Å²) in [6, 6.07) is 5.52. The summed E-state index contributed by atoms with van der Waals surface area (Å²) in [5.74, 6) is 0.267. The fourth-order valence-corrected chi connectivity index (χ4v) is 7.44. The first-order chi connectivity index (χ1) is 17.2. The Labute approximate surface area is 214 Å². The van der Waals surface area contributed by atoms with Gasteiger partial charge in [-0.05, 0) is 63.1 Å². The number of anilines is 2. The molecule has 2 fully saturated rings. The molecule has 36 heavy (non-hydrogen) atoms. The first-order valence-electron chi connectivity index (χ1n) is 13.2. The predicted molar refractivity (Wildman–Crippen MR) is 141 cm³/mol. The number of amides is 2. The van der Waals surface area contributed by atoms with Crippen molar-refractivity contribution in [3.63, 3.8) is 0 Å². The first kappa shape index (κ1) is 26.9. The van der Waals surface area contributed by atoms with Crippen LogP contribution in [0.1, 0.15) is 70.3 Å². The highest BCUT2D eigenvalue weighted by molar-refractivity contribution is 7.91. The van der Waals surface area contributed by atoms with E-state index in [1.54, 1.807) is 9.80 Å². The lowest BCUT2D eigenvalue weighted by Crippen LogP contribution is -2.52. The standard InChI is InChI=1S/C26H40N4O5S/c1-18-16-29(26(32)35-23-8-4-3-5-9-23)25-13-20(10-11-24(25)30(18)19(2)31)21(14-27)15-28-22-7-6-12-36(33,34)17-22/h10-11,13,18,21-23,28H,3-9,12,14-17,27H2,1-2H3/t18-,21?,22?/m0/s1. The maximum Gasteiger partial charge on any atom is 0.414 e. The number of ether oxygens (including phenoxy) is 1. The summed E-state index contributed by atoms with van der Waals surface area (Å²) in [4.78, 5) is 29.2. The van der Waals surface area contributed by atoms with E-state index in [1.165, 1.54) is 13.3 Å². The number of nitrogens with two attached hydrogens (primary N) is 1. The molecule has 200 valence electrons. The minimum absolute atomic E-state index is 0.0632. The van der Waals surface area contributed by atoms with Crippen molar-refractivity contribution in [2.45, 2.75) is 82.9 Å². The summed E-state index contributed by atoms with van der Waals surface area (Å²) >= 11 is 0. The molecule has 2 amide bonds. The Morgan fingerprint density at radius 2 is 1.89 bits per heavy atom. The molecule has 0 aromatic heterocycles. The van der Waals surface area contributed by atoms with E-state index < -0.39 is 9.84 Å². The third-order valence-corrected chi connectivity index (χ3v) is 9.51. The van der Waals surface area contributed by atoms with Crippen molar-refractivity contribution in [1.82, 2.24) is 5.32 Å². The van der Waals surface area contributed by atoms with Gasteiger partial charge in [-0.15, -0.1) is 0 Å². The van der Waals surface area contributed by atoms with Crippen LogP contribution in [0, 0.1) is 0 Å². The van der Waals surface area contributed by atoms with E-state index in [2.05, 4.69) is 5.32 Å². The normalized spacial score (nSPS) is 25.2. The molecule has 1 saturated heterocycles. The number of nitrogens with one attached hydrogen (secondary N) is 1. The van der Waals surface area contributed by atoms with Gasteiger partial charge in [-0.3, -0.25) is 9.69 Å². The van der Waals surface area contributed by atoms with Gasteiger partial charge in [-0.2, -0.15) is 0 Å². The molecule has 9 nitrogen and oxygen atoms in total. The molecule has 2 heterocycles. The van der Waals surface area contributed by atoms with E-state index in [-0.39, 0.29) is 47.6 Å². The number of nitrogens with zero attached hydrogens (tertiary/aromatic N) is 2. The zero-order chi connectivity index (χ0) is 25.9. The number of fused-ring (bicyclic) bond motifs is 1. The molecule has 2 unspecified atom stereocenters. The lowest BCUT2D eigenvalue weighted by molar-refractivity contribution is -0.117. The van der Waals surface area contributed by atoms with Gasteiger partial charge in [-0.25, -0.2) is 13.2 Å². The van der Waals surface area contributed by atoms with Gasteiger partial charge in [0.2, 0.25) is 5.91 Å². The molecule has 2 aliphatic heterocycles. The second-order valence-electron chi connectivity index (χ2n) is 10.5. The van der Waals surface area contributed by atoms with E-state index in [9.17, 15) is 18.0 Å². The highest BCUT2D eigenvalue weighted by Gasteiger charge is 2.36. The van der Waals surface area contributed by atoms with E-state index in [0.717, 1.165) is 37.7 Å². The second kappa shape index (κ2) is 11.5. The average Bonchev–Trinajstić information content (AvgIpc) is 2.83. The summed E-state index contributed by atoms with van der Waals surface area (Å²) in [5.41, 5.74) is 8.42. The molecular formula is C26H40N4O5S. The van der Waals surface area contributed by atoms with Gasteiger partial charge < -0.3 is 20.7 Å². The summed E-state index contributed by atoms with van der Waals surface area (Å²) in [5, 5.41) is 3.40. The lowest BCUT2D eigenvalue weighted by atomic mass is 9.95. The number of carbonyl (C=O) groups excluding carboxylic acids is 2. The monoisotopic (exact) mass is 520 g/mol. The number of rotatable bonds is 6. The zero-order valence-electron chi connectivity index (χ0n) is 21.4. The summed E-state index contributed by atoms with van der Waals surface area (Å²) in [6.45, 7) is 4.73. The van der Waals surface area contributed by atoms with Crippen LogP contribution in [-0.4, -0.2) is 69.7 Å². The highest BCUT2D eigenvalue weighted by atomic mass is 32.2. The molecule has 10 heteroatoms. The van der Waals surface area contributed by atoms with Crippen molar-refractivity contribution < 1.29 is 22.7 Å². The molecule has 3 atom stereocenters. The van der Waals surface area contributed by atoms with Gasteiger partial charge in [0.15, 0.2) is 9.84 Å². The van der Waals surface area contributed by atoms with Crippen molar-refractivity contribution in [1.29, 1.82) is 0 Å². The van der Waals surface area contributed by atoms with Crippen LogP contribution in [0.25, 0.3) is 0 Å². The molecule has 1 saturated carbocycles.